The predicted octanol–water partition coefficient (Wildman–Crippen LogP) is 1.20. The van der Waals surface area contributed by atoms with Gasteiger partial charge in [-0.05, 0) is 13.8 Å². The Hall–Kier alpha value is -0.870. The monoisotopic (exact) mass is 209 g/mol. The average molecular weight is 209 g/mol. The summed E-state index contributed by atoms with van der Waals surface area (Å²) in [5.74, 6) is 0. The summed E-state index contributed by atoms with van der Waals surface area (Å²) in [6.07, 6.45) is 4.12. The lowest BCUT2D eigenvalue weighted by atomic mass is 10.1. The Bertz CT molecular complexity index is 321. The Kier molecular flexibility index (Phi) is 3.07. The molecule has 1 aromatic heterocycles. The first-order valence-electron chi connectivity index (χ1n) is 5.51. The van der Waals surface area contributed by atoms with Crippen molar-refractivity contribution in [2.75, 3.05) is 19.7 Å². The molecule has 1 atom stereocenters. The number of morpholine rings is 1. The van der Waals surface area contributed by atoms with Gasteiger partial charge in [0.1, 0.15) is 0 Å². The number of nitrogens with zero attached hydrogens (tertiary/aromatic N) is 3. The Labute approximate surface area is 90.8 Å². The summed E-state index contributed by atoms with van der Waals surface area (Å²) >= 11 is 0. The second kappa shape index (κ2) is 4.33. The maximum atomic E-state index is 5.76. The van der Waals surface area contributed by atoms with Gasteiger partial charge in [0.25, 0.3) is 0 Å². The first-order valence-corrected chi connectivity index (χ1v) is 5.51. The molecular formula is C11H19N3O. The Morgan fingerprint density at radius 3 is 2.93 bits per heavy atom. The molecule has 1 fully saturated rings. The van der Waals surface area contributed by atoms with Crippen LogP contribution < -0.4 is 0 Å². The van der Waals surface area contributed by atoms with Gasteiger partial charge < -0.3 is 4.74 Å². The molecule has 1 aromatic rings. The van der Waals surface area contributed by atoms with E-state index in [9.17, 15) is 0 Å². The SMILES string of the molecule is CC(C)N1CCOC(c2cnn(C)c2)C1. The zero-order chi connectivity index (χ0) is 10.8. The minimum atomic E-state index is 0.190. The zero-order valence-electron chi connectivity index (χ0n) is 9.68. The van der Waals surface area contributed by atoms with Gasteiger partial charge in [0.15, 0.2) is 0 Å². The van der Waals surface area contributed by atoms with Crippen molar-refractivity contribution in [3.05, 3.63) is 18.0 Å². The van der Waals surface area contributed by atoms with Crippen molar-refractivity contribution in [3.63, 3.8) is 0 Å². The second-order valence-corrected chi connectivity index (χ2v) is 4.40. The van der Waals surface area contributed by atoms with Gasteiger partial charge in [0.2, 0.25) is 0 Å². The molecule has 0 bridgehead atoms. The molecular weight excluding hydrogens is 190 g/mol. The van der Waals surface area contributed by atoms with Crippen LogP contribution in [0.15, 0.2) is 12.4 Å². The number of hydrogen-bond donors (Lipinski definition) is 0. The minimum Gasteiger partial charge on any atom is -0.371 e. The fraction of sp³-hybridized carbons (Fsp3) is 0.727. The number of rotatable bonds is 2. The molecule has 1 saturated heterocycles. The van der Waals surface area contributed by atoms with Crippen molar-refractivity contribution in [2.45, 2.75) is 26.0 Å². The van der Waals surface area contributed by atoms with Crippen LogP contribution in [-0.4, -0.2) is 40.4 Å². The molecule has 0 spiro atoms. The van der Waals surface area contributed by atoms with E-state index in [-0.39, 0.29) is 6.10 Å². The summed E-state index contributed by atoms with van der Waals surface area (Å²) in [5, 5.41) is 4.18. The minimum absolute atomic E-state index is 0.190. The van der Waals surface area contributed by atoms with Gasteiger partial charge in [-0.1, -0.05) is 0 Å². The molecule has 0 saturated carbocycles. The van der Waals surface area contributed by atoms with Crippen molar-refractivity contribution in [1.82, 2.24) is 14.7 Å². The molecule has 0 amide bonds. The van der Waals surface area contributed by atoms with Crippen LogP contribution in [0.1, 0.15) is 25.5 Å². The lowest BCUT2D eigenvalue weighted by Crippen LogP contribution is -2.42. The van der Waals surface area contributed by atoms with Crippen LogP contribution in [-0.2, 0) is 11.8 Å². The third kappa shape index (κ3) is 2.38. The molecule has 1 unspecified atom stereocenters. The van der Waals surface area contributed by atoms with Gasteiger partial charge in [0, 0.05) is 37.9 Å². The van der Waals surface area contributed by atoms with Crippen molar-refractivity contribution in [3.8, 4) is 0 Å². The molecule has 4 nitrogen and oxygen atoms in total. The van der Waals surface area contributed by atoms with E-state index in [2.05, 4.69) is 23.8 Å². The average Bonchev–Trinajstić information content (AvgIpc) is 2.65. The molecule has 2 heterocycles. The highest BCUT2D eigenvalue weighted by Crippen LogP contribution is 2.22. The van der Waals surface area contributed by atoms with Crippen molar-refractivity contribution >= 4 is 0 Å². The molecule has 15 heavy (non-hydrogen) atoms. The van der Waals surface area contributed by atoms with E-state index in [1.165, 1.54) is 5.56 Å². The van der Waals surface area contributed by atoms with Crippen LogP contribution in [0.3, 0.4) is 0 Å². The predicted molar refractivity (Wildman–Crippen MR) is 58.6 cm³/mol. The van der Waals surface area contributed by atoms with Crippen LogP contribution in [0.5, 0.6) is 0 Å². The number of aromatic nitrogens is 2. The van der Waals surface area contributed by atoms with Gasteiger partial charge in [-0.15, -0.1) is 0 Å². The van der Waals surface area contributed by atoms with E-state index in [1.807, 2.05) is 24.1 Å². The number of hydrogen-bond acceptors (Lipinski definition) is 3. The van der Waals surface area contributed by atoms with Crippen molar-refractivity contribution in [2.24, 2.45) is 7.05 Å². The van der Waals surface area contributed by atoms with Crippen LogP contribution >= 0.6 is 0 Å². The standard InChI is InChI=1S/C11H19N3O/c1-9(2)14-4-5-15-11(8-14)10-6-12-13(3)7-10/h6-7,9,11H,4-5,8H2,1-3H3. The van der Waals surface area contributed by atoms with E-state index in [0.717, 1.165) is 19.7 Å². The third-order valence-electron chi connectivity index (χ3n) is 2.92. The topological polar surface area (TPSA) is 30.3 Å². The first-order chi connectivity index (χ1) is 7.16. The quantitative estimate of drug-likeness (QED) is 0.733. The van der Waals surface area contributed by atoms with E-state index < -0.39 is 0 Å². The normalized spacial score (nSPS) is 23.6. The molecule has 0 aromatic carbocycles. The lowest BCUT2D eigenvalue weighted by Gasteiger charge is -2.35. The largest absolute Gasteiger partial charge is 0.371 e. The highest BCUT2D eigenvalue weighted by molar-refractivity contribution is 5.09. The van der Waals surface area contributed by atoms with E-state index >= 15 is 0 Å². The van der Waals surface area contributed by atoms with E-state index in [4.69, 9.17) is 4.74 Å². The molecule has 1 aliphatic rings. The van der Waals surface area contributed by atoms with Gasteiger partial charge >= 0.3 is 0 Å². The van der Waals surface area contributed by atoms with Crippen molar-refractivity contribution in [1.29, 1.82) is 0 Å². The van der Waals surface area contributed by atoms with Gasteiger partial charge in [-0.25, -0.2) is 0 Å². The number of ether oxygens (including phenoxy) is 1. The second-order valence-electron chi connectivity index (χ2n) is 4.40. The summed E-state index contributed by atoms with van der Waals surface area (Å²) in [6.45, 7) is 7.28. The maximum Gasteiger partial charge on any atom is 0.0982 e. The first kappa shape index (κ1) is 10.6. The Morgan fingerprint density at radius 1 is 1.53 bits per heavy atom. The van der Waals surface area contributed by atoms with Crippen LogP contribution in [0, 0.1) is 0 Å². The lowest BCUT2D eigenvalue weighted by molar-refractivity contribution is -0.0402. The van der Waals surface area contributed by atoms with Gasteiger partial charge in [-0.2, -0.15) is 5.10 Å². The molecule has 84 valence electrons. The highest BCUT2D eigenvalue weighted by Gasteiger charge is 2.24. The Morgan fingerprint density at radius 2 is 2.33 bits per heavy atom. The zero-order valence-corrected chi connectivity index (χ0v) is 9.68. The van der Waals surface area contributed by atoms with Gasteiger partial charge in [0.05, 0.1) is 18.9 Å². The smallest absolute Gasteiger partial charge is 0.0982 e. The fourth-order valence-corrected chi connectivity index (χ4v) is 1.95. The summed E-state index contributed by atoms with van der Waals surface area (Å²) in [6, 6.07) is 0.591. The van der Waals surface area contributed by atoms with Crippen LogP contribution in [0.4, 0.5) is 0 Å². The summed E-state index contributed by atoms with van der Waals surface area (Å²) in [7, 11) is 1.94. The molecule has 0 N–H and O–H groups in total. The molecule has 0 aliphatic carbocycles. The fourth-order valence-electron chi connectivity index (χ4n) is 1.95. The molecule has 1 aliphatic heterocycles. The molecule has 4 heteroatoms. The number of aryl methyl sites for hydroxylation is 1. The van der Waals surface area contributed by atoms with E-state index in [1.54, 1.807) is 0 Å². The van der Waals surface area contributed by atoms with Gasteiger partial charge in [-0.3, -0.25) is 9.58 Å². The summed E-state index contributed by atoms with van der Waals surface area (Å²) in [4.78, 5) is 2.45. The van der Waals surface area contributed by atoms with Crippen LogP contribution in [0.2, 0.25) is 0 Å². The maximum absolute atomic E-state index is 5.76. The summed E-state index contributed by atoms with van der Waals surface area (Å²) < 4.78 is 7.59. The third-order valence-corrected chi connectivity index (χ3v) is 2.92. The van der Waals surface area contributed by atoms with Crippen molar-refractivity contribution < 1.29 is 4.74 Å². The molecule has 0 radical (unpaired) electrons. The van der Waals surface area contributed by atoms with E-state index in [0.29, 0.717) is 6.04 Å². The highest BCUT2D eigenvalue weighted by atomic mass is 16.5. The summed E-state index contributed by atoms with van der Waals surface area (Å²) in [5.41, 5.74) is 1.18. The Balaban J connectivity index is 2.04. The molecule has 2 rings (SSSR count). The van der Waals surface area contributed by atoms with Crippen LogP contribution in [0.25, 0.3) is 0 Å².